The van der Waals surface area contributed by atoms with E-state index in [4.69, 9.17) is 0 Å². The highest BCUT2D eigenvalue weighted by Gasteiger charge is 2.37. The lowest BCUT2D eigenvalue weighted by molar-refractivity contribution is -0.164. The van der Waals surface area contributed by atoms with Gasteiger partial charge in [0, 0.05) is 6.54 Å². The van der Waals surface area contributed by atoms with E-state index in [1.54, 1.807) is 0 Å². The smallest absolute Gasteiger partial charge is 0.155 e. The van der Waals surface area contributed by atoms with Crippen LogP contribution in [0, 0.1) is 0 Å². The summed E-state index contributed by atoms with van der Waals surface area (Å²) in [4.78, 5) is 4.64. The molecule has 1 unspecified atom stereocenters. The quantitative estimate of drug-likeness (QED) is 0.671. The lowest BCUT2D eigenvalue weighted by atomic mass is 9.98. The molecule has 0 radical (unpaired) electrons. The van der Waals surface area contributed by atoms with Gasteiger partial charge in [-0.1, -0.05) is 18.2 Å². The van der Waals surface area contributed by atoms with E-state index in [2.05, 4.69) is 17.1 Å². The molecular formula is C12H14N2O. The Balaban J connectivity index is 2.14. The lowest BCUT2D eigenvalue weighted by Crippen LogP contribution is -2.46. The highest BCUT2D eigenvalue weighted by atomic mass is 16.5. The number of hydrogen-bond acceptors (Lipinski definition) is 3. The van der Waals surface area contributed by atoms with Crippen molar-refractivity contribution in [2.75, 3.05) is 6.54 Å². The largest absolute Gasteiger partial charge is 0.311 e. The standard InChI is InChI=1S/C12H14N2O/c15-14-8-4-3-7-12(14)9-10-5-1-2-6-11(10)13-12/h1-2,5-6,9,15H,3-4,7-8H2. The molecule has 0 aromatic heterocycles. The van der Waals surface area contributed by atoms with Gasteiger partial charge in [-0.05, 0) is 36.6 Å². The molecule has 1 aromatic rings. The van der Waals surface area contributed by atoms with Gasteiger partial charge in [0.1, 0.15) is 0 Å². The first kappa shape index (κ1) is 9.07. The van der Waals surface area contributed by atoms with Gasteiger partial charge in [0.2, 0.25) is 0 Å². The fourth-order valence-electron chi connectivity index (χ4n) is 2.43. The van der Waals surface area contributed by atoms with E-state index in [9.17, 15) is 5.21 Å². The van der Waals surface area contributed by atoms with Crippen molar-refractivity contribution in [2.45, 2.75) is 24.9 Å². The summed E-state index contributed by atoms with van der Waals surface area (Å²) < 4.78 is 0. The fraction of sp³-hybridized carbons (Fsp3) is 0.417. The molecule has 0 amide bonds. The Hall–Kier alpha value is -1.19. The molecule has 0 bridgehead atoms. The van der Waals surface area contributed by atoms with Crippen LogP contribution in [0.2, 0.25) is 0 Å². The molecule has 78 valence electrons. The zero-order valence-corrected chi connectivity index (χ0v) is 8.56. The molecule has 1 fully saturated rings. The van der Waals surface area contributed by atoms with Gasteiger partial charge in [-0.2, -0.15) is 5.06 Å². The van der Waals surface area contributed by atoms with Gasteiger partial charge in [0.05, 0.1) is 5.36 Å². The van der Waals surface area contributed by atoms with Crippen molar-refractivity contribution in [1.29, 1.82) is 0 Å². The normalized spacial score (nSPS) is 29.7. The summed E-state index contributed by atoms with van der Waals surface area (Å²) in [6, 6.07) is 8.05. The molecule has 3 heteroatoms. The molecule has 3 rings (SSSR count). The van der Waals surface area contributed by atoms with Crippen LogP contribution in [-0.4, -0.2) is 22.5 Å². The number of hydrogen-bond donors (Lipinski definition) is 1. The number of benzene rings is 1. The summed E-state index contributed by atoms with van der Waals surface area (Å²) in [6.07, 6.45) is 5.18. The van der Waals surface area contributed by atoms with E-state index in [-0.39, 0.29) is 0 Å². The summed E-state index contributed by atoms with van der Waals surface area (Å²) in [5, 5.41) is 13.5. The minimum absolute atomic E-state index is 0.470. The maximum Gasteiger partial charge on any atom is 0.155 e. The minimum atomic E-state index is -0.470. The molecule has 0 saturated carbocycles. The molecule has 1 N–H and O–H groups in total. The summed E-state index contributed by atoms with van der Waals surface area (Å²) in [5.41, 5.74) is -0.470. The van der Waals surface area contributed by atoms with E-state index < -0.39 is 5.66 Å². The average Bonchev–Trinajstić information content (AvgIpc) is 2.62. The molecule has 1 atom stereocenters. The van der Waals surface area contributed by atoms with Crippen LogP contribution in [0.4, 0.5) is 0 Å². The van der Waals surface area contributed by atoms with Crippen LogP contribution in [0.5, 0.6) is 0 Å². The number of hydroxylamine groups is 2. The van der Waals surface area contributed by atoms with Crippen LogP contribution in [0.15, 0.2) is 29.3 Å². The van der Waals surface area contributed by atoms with Crippen LogP contribution in [0.3, 0.4) is 0 Å². The number of rotatable bonds is 0. The molecule has 0 aliphatic carbocycles. The van der Waals surface area contributed by atoms with Gasteiger partial charge < -0.3 is 5.21 Å². The van der Waals surface area contributed by atoms with Crippen LogP contribution in [0.1, 0.15) is 19.3 Å². The Morgan fingerprint density at radius 3 is 2.93 bits per heavy atom. The number of nitrogens with zero attached hydrogens (tertiary/aromatic N) is 2. The predicted octanol–water partition coefficient (Wildman–Crippen LogP) is 0.672. The van der Waals surface area contributed by atoms with Gasteiger partial charge >= 0.3 is 0 Å². The Kier molecular flexibility index (Phi) is 1.90. The third-order valence-corrected chi connectivity index (χ3v) is 3.25. The van der Waals surface area contributed by atoms with Gasteiger partial charge in [-0.15, -0.1) is 0 Å². The van der Waals surface area contributed by atoms with E-state index in [0.717, 1.165) is 29.8 Å². The van der Waals surface area contributed by atoms with Crippen molar-refractivity contribution in [1.82, 2.24) is 5.06 Å². The summed E-state index contributed by atoms with van der Waals surface area (Å²) in [6.45, 7) is 0.716. The summed E-state index contributed by atoms with van der Waals surface area (Å²) >= 11 is 0. The predicted molar refractivity (Wildman–Crippen MR) is 56.8 cm³/mol. The van der Waals surface area contributed by atoms with Crippen LogP contribution >= 0.6 is 0 Å². The molecule has 1 saturated heterocycles. The Bertz CT molecular complexity index is 460. The minimum Gasteiger partial charge on any atom is -0.311 e. The van der Waals surface area contributed by atoms with Gasteiger partial charge in [-0.25, -0.2) is 0 Å². The first-order chi connectivity index (χ1) is 7.30. The molecule has 2 heterocycles. The third kappa shape index (κ3) is 1.31. The SMILES string of the molecule is ON1CCCCC12C=c1ccccc1=N2. The third-order valence-electron chi connectivity index (χ3n) is 3.25. The maximum atomic E-state index is 9.94. The molecular weight excluding hydrogens is 188 g/mol. The number of fused-ring (bicyclic) bond motifs is 1. The van der Waals surface area contributed by atoms with Crippen LogP contribution in [0.25, 0.3) is 6.08 Å². The second kappa shape index (κ2) is 3.15. The first-order valence-corrected chi connectivity index (χ1v) is 5.45. The lowest BCUT2D eigenvalue weighted by Gasteiger charge is -2.36. The van der Waals surface area contributed by atoms with Crippen molar-refractivity contribution in [2.24, 2.45) is 4.99 Å². The second-order valence-corrected chi connectivity index (χ2v) is 4.27. The molecule has 1 spiro atoms. The molecule has 1 aromatic carbocycles. The van der Waals surface area contributed by atoms with Crippen molar-refractivity contribution >= 4 is 6.08 Å². The van der Waals surface area contributed by atoms with Crippen molar-refractivity contribution in [3.05, 3.63) is 34.8 Å². The highest BCUT2D eigenvalue weighted by Crippen LogP contribution is 2.30. The van der Waals surface area contributed by atoms with E-state index >= 15 is 0 Å². The Labute approximate surface area is 88.3 Å². The number of piperidine rings is 1. The van der Waals surface area contributed by atoms with Gasteiger partial charge in [0.25, 0.3) is 0 Å². The van der Waals surface area contributed by atoms with Crippen LogP contribution < -0.4 is 10.6 Å². The Morgan fingerprint density at radius 2 is 2.13 bits per heavy atom. The fourth-order valence-corrected chi connectivity index (χ4v) is 2.43. The van der Waals surface area contributed by atoms with Crippen LogP contribution in [-0.2, 0) is 0 Å². The topological polar surface area (TPSA) is 35.8 Å². The molecule has 3 nitrogen and oxygen atoms in total. The zero-order valence-electron chi connectivity index (χ0n) is 8.56. The first-order valence-electron chi connectivity index (χ1n) is 5.45. The Morgan fingerprint density at radius 1 is 1.27 bits per heavy atom. The monoisotopic (exact) mass is 202 g/mol. The van der Waals surface area contributed by atoms with Crippen molar-refractivity contribution < 1.29 is 5.21 Å². The van der Waals surface area contributed by atoms with Crippen molar-refractivity contribution in [3.63, 3.8) is 0 Å². The summed E-state index contributed by atoms with van der Waals surface area (Å²) in [5.74, 6) is 0. The maximum absolute atomic E-state index is 9.94. The molecule has 2 aliphatic heterocycles. The zero-order chi connectivity index (χ0) is 10.3. The summed E-state index contributed by atoms with van der Waals surface area (Å²) in [7, 11) is 0. The number of para-hydroxylation sites is 1. The average molecular weight is 202 g/mol. The molecule has 15 heavy (non-hydrogen) atoms. The highest BCUT2D eigenvalue weighted by molar-refractivity contribution is 5.40. The van der Waals surface area contributed by atoms with Gasteiger partial charge in [-0.3, -0.25) is 4.99 Å². The van der Waals surface area contributed by atoms with E-state index in [0.29, 0.717) is 6.54 Å². The van der Waals surface area contributed by atoms with E-state index in [1.807, 2.05) is 18.2 Å². The molecule has 2 aliphatic rings. The van der Waals surface area contributed by atoms with Crippen molar-refractivity contribution in [3.8, 4) is 0 Å². The second-order valence-electron chi connectivity index (χ2n) is 4.27. The van der Waals surface area contributed by atoms with E-state index in [1.165, 1.54) is 5.06 Å². The van der Waals surface area contributed by atoms with Gasteiger partial charge in [0.15, 0.2) is 5.66 Å².